The van der Waals surface area contributed by atoms with E-state index in [2.05, 4.69) is 13.0 Å². The van der Waals surface area contributed by atoms with E-state index in [9.17, 15) is 0 Å². The molecule has 0 amide bonds. The molecule has 7 heavy (non-hydrogen) atoms. The van der Waals surface area contributed by atoms with Gasteiger partial charge in [-0.3, -0.25) is 0 Å². The molecule has 2 unspecified atom stereocenters. The molecular formula is C6H10O. The monoisotopic (exact) mass is 98.1 g/mol. The first kappa shape index (κ1) is 4.85. The van der Waals surface area contributed by atoms with Gasteiger partial charge < -0.3 is 5.11 Å². The lowest BCUT2D eigenvalue weighted by Crippen LogP contribution is -2.18. The Morgan fingerprint density at radius 2 is 2.29 bits per heavy atom. The van der Waals surface area contributed by atoms with Gasteiger partial charge in [-0.2, -0.15) is 0 Å². The Kier molecular flexibility index (Phi) is 1.15. The SMILES string of the molecule is CC1C=CC1CO. The standard InChI is InChI=1S/C6H10O/c1-5-2-3-6(5)4-7/h2-3,5-7H,4H2,1H3. The van der Waals surface area contributed by atoms with Gasteiger partial charge in [-0.15, -0.1) is 0 Å². The van der Waals surface area contributed by atoms with Crippen LogP contribution in [-0.2, 0) is 0 Å². The number of hydrogen-bond donors (Lipinski definition) is 1. The van der Waals surface area contributed by atoms with Gasteiger partial charge in [0, 0.05) is 12.5 Å². The van der Waals surface area contributed by atoms with Gasteiger partial charge in [0.2, 0.25) is 0 Å². The van der Waals surface area contributed by atoms with Gasteiger partial charge in [-0.1, -0.05) is 19.1 Å². The first-order chi connectivity index (χ1) is 3.34. The third-order valence-corrected chi connectivity index (χ3v) is 1.55. The van der Waals surface area contributed by atoms with Crippen molar-refractivity contribution in [1.29, 1.82) is 0 Å². The van der Waals surface area contributed by atoms with Crippen molar-refractivity contribution in [3.63, 3.8) is 0 Å². The maximum atomic E-state index is 8.51. The molecule has 1 aliphatic rings. The third kappa shape index (κ3) is 0.682. The number of aliphatic hydroxyl groups excluding tert-OH is 1. The van der Waals surface area contributed by atoms with E-state index < -0.39 is 0 Å². The van der Waals surface area contributed by atoms with Gasteiger partial charge in [-0.25, -0.2) is 0 Å². The highest BCUT2D eigenvalue weighted by molar-refractivity contribution is 5.06. The Labute approximate surface area is 43.7 Å². The molecule has 0 aromatic rings. The summed E-state index contributed by atoms with van der Waals surface area (Å²) in [7, 11) is 0. The summed E-state index contributed by atoms with van der Waals surface area (Å²) in [5, 5.41) is 8.51. The molecule has 0 aromatic heterocycles. The Balaban J connectivity index is 2.33. The quantitative estimate of drug-likeness (QED) is 0.481. The number of aliphatic hydroxyl groups is 1. The van der Waals surface area contributed by atoms with E-state index >= 15 is 0 Å². The van der Waals surface area contributed by atoms with Crippen molar-refractivity contribution >= 4 is 0 Å². The molecule has 1 nitrogen and oxygen atoms in total. The van der Waals surface area contributed by atoms with Gasteiger partial charge in [0.1, 0.15) is 0 Å². The van der Waals surface area contributed by atoms with Crippen molar-refractivity contribution < 1.29 is 5.11 Å². The summed E-state index contributed by atoms with van der Waals surface area (Å²) < 4.78 is 0. The predicted molar refractivity (Wildman–Crippen MR) is 28.9 cm³/mol. The first-order valence-electron chi connectivity index (χ1n) is 2.64. The number of rotatable bonds is 1. The summed E-state index contributed by atoms with van der Waals surface area (Å²) in [5.74, 6) is 1.07. The van der Waals surface area contributed by atoms with Crippen LogP contribution < -0.4 is 0 Å². The molecule has 0 fully saturated rings. The lowest BCUT2D eigenvalue weighted by atomic mass is 9.85. The summed E-state index contributed by atoms with van der Waals surface area (Å²) in [5.41, 5.74) is 0. The summed E-state index contributed by atoms with van der Waals surface area (Å²) in [6, 6.07) is 0. The summed E-state index contributed by atoms with van der Waals surface area (Å²) in [4.78, 5) is 0. The predicted octanol–water partition coefficient (Wildman–Crippen LogP) is 0.801. The van der Waals surface area contributed by atoms with Crippen LogP contribution in [0.1, 0.15) is 6.92 Å². The maximum Gasteiger partial charge on any atom is 0.0499 e. The second-order valence-corrected chi connectivity index (χ2v) is 2.09. The molecule has 1 aliphatic carbocycles. The maximum absolute atomic E-state index is 8.51. The van der Waals surface area contributed by atoms with Crippen molar-refractivity contribution in [2.45, 2.75) is 6.92 Å². The number of allylic oxidation sites excluding steroid dienone is 1. The van der Waals surface area contributed by atoms with Crippen LogP contribution in [0.4, 0.5) is 0 Å². The van der Waals surface area contributed by atoms with Crippen LogP contribution >= 0.6 is 0 Å². The number of hydrogen-bond acceptors (Lipinski definition) is 1. The molecule has 1 heteroatoms. The summed E-state index contributed by atoms with van der Waals surface area (Å²) >= 11 is 0. The molecule has 1 rings (SSSR count). The van der Waals surface area contributed by atoms with Crippen LogP contribution in [0, 0.1) is 11.8 Å². The van der Waals surface area contributed by atoms with Crippen molar-refractivity contribution in [2.24, 2.45) is 11.8 Å². The molecule has 40 valence electrons. The lowest BCUT2D eigenvalue weighted by molar-refractivity contribution is 0.216. The average Bonchev–Trinajstić information content (AvgIpc) is 1.65. The van der Waals surface area contributed by atoms with Gasteiger partial charge in [-0.05, 0) is 5.92 Å². The second kappa shape index (κ2) is 1.66. The normalized spacial score (nSPS) is 38.0. The second-order valence-electron chi connectivity index (χ2n) is 2.09. The molecule has 2 atom stereocenters. The fourth-order valence-corrected chi connectivity index (χ4v) is 0.718. The third-order valence-electron chi connectivity index (χ3n) is 1.55. The highest BCUT2D eigenvalue weighted by atomic mass is 16.3. The summed E-state index contributed by atoms with van der Waals surface area (Å²) in [6.07, 6.45) is 4.16. The van der Waals surface area contributed by atoms with Crippen molar-refractivity contribution in [3.05, 3.63) is 12.2 Å². The molecular weight excluding hydrogens is 88.1 g/mol. The Bertz CT molecular complexity index is 86.2. The summed E-state index contributed by atoms with van der Waals surface area (Å²) in [6.45, 7) is 2.43. The molecule has 0 saturated heterocycles. The zero-order valence-corrected chi connectivity index (χ0v) is 4.46. The van der Waals surface area contributed by atoms with Crippen molar-refractivity contribution in [3.8, 4) is 0 Å². The molecule has 0 spiro atoms. The van der Waals surface area contributed by atoms with Gasteiger partial charge in [0.05, 0.1) is 0 Å². The first-order valence-corrected chi connectivity index (χ1v) is 2.64. The Morgan fingerprint density at radius 1 is 1.57 bits per heavy atom. The average molecular weight is 98.1 g/mol. The largest absolute Gasteiger partial charge is 0.396 e. The van der Waals surface area contributed by atoms with Crippen molar-refractivity contribution in [2.75, 3.05) is 6.61 Å². The van der Waals surface area contributed by atoms with Crippen LogP contribution in [0.25, 0.3) is 0 Å². The molecule has 0 saturated carbocycles. The molecule has 0 aromatic carbocycles. The minimum absolute atomic E-state index is 0.317. The molecule has 0 radical (unpaired) electrons. The van der Waals surface area contributed by atoms with Gasteiger partial charge >= 0.3 is 0 Å². The van der Waals surface area contributed by atoms with Gasteiger partial charge in [0.25, 0.3) is 0 Å². The van der Waals surface area contributed by atoms with Crippen LogP contribution in [0.5, 0.6) is 0 Å². The smallest absolute Gasteiger partial charge is 0.0499 e. The van der Waals surface area contributed by atoms with Crippen LogP contribution in [0.2, 0.25) is 0 Å². The van der Waals surface area contributed by atoms with E-state index in [4.69, 9.17) is 5.11 Å². The van der Waals surface area contributed by atoms with E-state index in [1.165, 1.54) is 0 Å². The fraction of sp³-hybridized carbons (Fsp3) is 0.667. The zero-order chi connectivity index (χ0) is 5.28. The minimum atomic E-state index is 0.317. The van der Waals surface area contributed by atoms with E-state index in [1.807, 2.05) is 6.08 Å². The highest BCUT2D eigenvalue weighted by Gasteiger charge is 2.17. The Morgan fingerprint density at radius 3 is 2.29 bits per heavy atom. The van der Waals surface area contributed by atoms with E-state index in [0.29, 0.717) is 18.4 Å². The van der Waals surface area contributed by atoms with E-state index in [0.717, 1.165) is 0 Å². The van der Waals surface area contributed by atoms with Crippen LogP contribution in [0.15, 0.2) is 12.2 Å². The molecule has 0 aliphatic heterocycles. The van der Waals surface area contributed by atoms with E-state index in [1.54, 1.807) is 0 Å². The topological polar surface area (TPSA) is 20.2 Å². The van der Waals surface area contributed by atoms with Crippen molar-refractivity contribution in [1.82, 2.24) is 0 Å². The van der Waals surface area contributed by atoms with Crippen LogP contribution in [0.3, 0.4) is 0 Å². The highest BCUT2D eigenvalue weighted by Crippen LogP contribution is 2.23. The van der Waals surface area contributed by atoms with E-state index in [-0.39, 0.29) is 0 Å². The molecule has 0 heterocycles. The Hall–Kier alpha value is -0.300. The van der Waals surface area contributed by atoms with Crippen LogP contribution in [-0.4, -0.2) is 11.7 Å². The van der Waals surface area contributed by atoms with Gasteiger partial charge in [0.15, 0.2) is 0 Å². The zero-order valence-electron chi connectivity index (χ0n) is 4.46. The lowest BCUT2D eigenvalue weighted by Gasteiger charge is -2.22. The minimum Gasteiger partial charge on any atom is -0.396 e. The molecule has 1 N–H and O–H groups in total. The molecule has 0 bridgehead atoms. The fourth-order valence-electron chi connectivity index (χ4n) is 0.718.